The highest BCUT2D eigenvalue weighted by molar-refractivity contribution is 7.15. The average Bonchev–Trinajstić information content (AvgIpc) is 3.37. The summed E-state index contributed by atoms with van der Waals surface area (Å²) in [5.41, 5.74) is 8.25. The fraction of sp³-hybridized carbons (Fsp3) is 0.273. The molecule has 0 amide bonds. The van der Waals surface area contributed by atoms with Crippen LogP contribution in [0.25, 0.3) is 32.7 Å². The van der Waals surface area contributed by atoms with Crippen LogP contribution in [-0.2, 0) is 15.1 Å². The number of aromatic nitrogens is 3. The van der Waals surface area contributed by atoms with Crippen molar-refractivity contribution >= 4 is 39.7 Å². The minimum Gasteiger partial charge on any atom is -0.396 e. The van der Waals surface area contributed by atoms with E-state index in [4.69, 9.17) is 26.8 Å². The van der Waals surface area contributed by atoms with Gasteiger partial charge in [-0.25, -0.2) is 14.4 Å². The molecule has 5 rings (SSSR count). The molecule has 0 saturated heterocycles. The van der Waals surface area contributed by atoms with Crippen molar-refractivity contribution in [1.29, 1.82) is 0 Å². The number of hydrogen-bond acceptors (Lipinski definition) is 6. The van der Waals surface area contributed by atoms with Gasteiger partial charge in [0.2, 0.25) is 0 Å². The Morgan fingerprint density at radius 2 is 2.10 bits per heavy atom. The molecule has 0 spiro atoms. The van der Waals surface area contributed by atoms with Gasteiger partial charge in [0.1, 0.15) is 28.9 Å². The van der Waals surface area contributed by atoms with Crippen LogP contribution in [0, 0.1) is 5.82 Å². The minimum absolute atomic E-state index is 0.111. The van der Waals surface area contributed by atoms with Crippen LogP contribution in [-0.4, -0.2) is 28.9 Å². The zero-order chi connectivity index (χ0) is 21.6. The van der Waals surface area contributed by atoms with Gasteiger partial charge in [0.25, 0.3) is 0 Å². The molecule has 0 bridgehead atoms. The predicted molar refractivity (Wildman–Crippen MR) is 121 cm³/mol. The highest BCUT2D eigenvalue weighted by atomic mass is 35.5. The maximum absolute atomic E-state index is 14.0. The lowest BCUT2D eigenvalue weighted by atomic mass is 9.80. The number of aromatic amines is 1. The first-order valence-electron chi connectivity index (χ1n) is 9.83. The number of hydrogen-bond donors (Lipinski definition) is 2. The summed E-state index contributed by atoms with van der Waals surface area (Å²) in [6.45, 7) is 0.231. The van der Waals surface area contributed by atoms with Crippen molar-refractivity contribution in [1.82, 2.24) is 15.0 Å². The zero-order valence-electron chi connectivity index (χ0n) is 16.7. The number of anilines is 1. The van der Waals surface area contributed by atoms with Crippen molar-refractivity contribution in [3.8, 4) is 21.7 Å². The monoisotopic (exact) mass is 458 g/mol. The molecular weight excluding hydrogens is 439 g/mol. The van der Waals surface area contributed by atoms with Crippen LogP contribution in [0.2, 0.25) is 5.02 Å². The van der Waals surface area contributed by atoms with E-state index in [0.29, 0.717) is 16.2 Å². The molecule has 0 radical (unpaired) electrons. The molecule has 0 atom stereocenters. The van der Waals surface area contributed by atoms with Gasteiger partial charge in [0, 0.05) is 41.7 Å². The Kier molecular flexibility index (Phi) is 5.18. The summed E-state index contributed by atoms with van der Waals surface area (Å²) in [5, 5.41) is 2.29. The normalized spacial score (nSPS) is 15.3. The highest BCUT2D eigenvalue weighted by Crippen LogP contribution is 2.48. The molecule has 1 aliphatic rings. The predicted octanol–water partition coefficient (Wildman–Crippen LogP) is 5.73. The third kappa shape index (κ3) is 3.49. The molecule has 3 aromatic heterocycles. The largest absolute Gasteiger partial charge is 0.396 e. The molecule has 1 aromatic carbocycles. The van der Waals surface area contributed by atoms with E-state index in [9.17, 15) is 4.39 Å². The number of benzene rings is 1. The number of nitrogen functional groups attached to an aromatic ring is 1. The summed E-state index contributed by atoms with van der Waals surface area (Å²) in [6.07, 6.45) is 6.37. The van der Waals surface area contributed by atoms with Gasteiger partial charge >= 0.3 is 0 Å². The number of rotatable bonds is 6. The van der Waals surface area contributed by atoms with Crippen LogP contribution in [0.4, 0.5) is 10.1 Å². The van der Waals surface area contributed by atoms with E-state index in [1.807, 2.05) is 12.3 Å². The van der Waals surface area contributed by atoms with E-state index in [2.05, 4.69) is 15.0 Å². The van der Waals surface area contributed by atoms with Crippen molar-refractivity contribution < 1.29 is 13.9 Å². The first-order chi connectivity index (χ1) is 15.0. The summed E-state index contributed by atoms with van der Waals surface area (Å²) in [4.78, 5) is 13.2. The lowest BCUT2D eigenvalue weighted by Gasteiger charge is -2.39. The number of halogens is 2. The SMILES string of the molecule is COCOC1(c2ncc(-c3c(Cl)cnc4[nH]c(-c5ccc(N)c(F)c5)cc34)s2)CCC1. The van der Waals surface area contributed by atoms with Crippen LogP contribution >= 0.6 is 22.9 Å². The second-order valence-corrected chi connectivity index (χ2v) is 9.03. The third-order valence-corrected chi connectivity index (χ3v) is 7.17. The summed E-state index contributed by atoms with van der Waals surface area (Å²) >= 11 is 8.13. The molecule has 160 valence electrons. The van der Waals surface area contributed by atoms with Crippen molar-refractivity contribution in [3.63, 3.8) is 0 Å². The summed E-state index contributed by atoms with van der Waals surface area (Å²) in [5.74, 6) is -0.462. The molecule has 3 N–H and O–H groups in total. The Bertz CT molecular complexity index is 1270. The second kappa shape index (κ2) is 7.87. The molecule has 3 heterocycles. The number of nitrogens with two attached hydrogens (primary N) is 1. The fourth-order valence-electron chi connectivity index (χ4n) is 3.84. The van der Waals surface area contributed by atoms with Crippen LogP contribution in [0.3, 0.4) is 0 Å². The molecule has 1 saturated carbocycles. The van der Waals surface area contributed by atoms with E-state index in [1.54, 1.807) is 36.8 Å². The first-order valence-corrected chi connectivity index (χ1v) is 11.0. The van der Waals surface area contributed by atoms with Crippen LogP contribution < -0.4 is 5.73 Å². The molecule has 31 heavy (non-hydrogen) atoms. The topological polar surface area (TPSA) is 86.0 Å². The zero-order valence-corrected chi connectivity index (χ0v) is 18.3. The molecule has 1 fully saturated rings. The Morgan fingerprint density at radius 1 is 1.26 bits per heavy atom. The Morgan fingerprint density at radius 3 is 2.81 bits per heavy atom. The number of nitrogens with zero attached hydrogens (tertiary/aromatic N) is 2. The maximum atomic E-state index is 14.0. The Balaban J connectivity index is 1.57. The van der Waals surface area contributed by atoms with E-state index in [0.717, 1.165) is 45.8 Å². The van der Waals surface area contributed by atoms with Gasteiger partial charge in [0.15, 0.2) is 0 Å². The molecule has 0 unspecified atom stereocenters. The average molecular weight is 459 g/mol. The van der Waals surface area contributed by atoms with E-state index < -0.39 is 5.82 Å². The number of H-pyrrole nitrogens is 1. The Hall–Kier alpha value is -2.52. The number of thiazole rings is 1. The summed E-state index contributed by atoms with van der Waals surface area (Å²) < 4.78 is 25.1. The second-order valence-electron chi connectivity index (χ2n) is 7.59. The molecule has 6 nitrogen and oxygen atoms in total. The maximum Gasteiger partial charge on any atom is 0.147 e. The number of methoxy groups -OCH3 is 1. The fourth-order valence-corrected chi connectivity index (χ4v) is 5.34. The quantitative estimate of drug-likeness (QED) is 0.285. The number of ether oxygens (including phenoxy) is 2. The Labute approximate surface area is 187 Å². The summed E-state index contributed by atoms with van der Waals surface area (Å²) in [6, 6.07) is 6.64. The van der Waals surface area contributed by atoms with E-state index >= 15 is 0 Å². The van der Waals surface area contributed by atoms with Crippen LogP contribution in [0.5, 0.6) is 0 Å². The van der Waals surface area contributed by atoms with E-state index in [1.165, 1.54) is 6.07 Å². The van der Waals surface area contributed by atoms with Crippen LogP contribution in [0.1, 0.15) is 24.3 Å². The van der Waals surface area contributed by atoms with Crippen molar-refractivity contribution in [2.75, 3.05) is 19.6 Å². The smallest absolute Gasteiger partial charge is 0.147 e. The lowest BCUT2D eigenvalue weighted by molar-refractivity contribution is -0.171. The summed E-state index contributed by atoms with van der Waals surface area (Å²) in [7, 11) is 1.61. The molecular formula is C22H20ClFN4O2S. The third-order valence-electron chi connectivity index (χ3n) is 5.68. The molecule has 0 aliphatic heterocycles. The number of pyridine rings is 1. The van der Waals surface area contributed by atoms with Gasteiger partial charge in [0.05, 0.1) is 15.6 Å². The van der Waals surface area contributed by atoms with Crippen molar-refractivity contribution in [3.05, 3.63) is 52.5 Å². The molecule has 4 aromatic rings. The van der Waals surface area contributed by atoms with Gasteiger partial charge in [-0.3, -0.25) is 0 Å². The number of nitrogens with one attached hydrogen (secondary N) is 1. The van der Waals surface area contributed by atoms with Crippen molar-refractivity contribution in [2.45, 2.75) is 24.9 Å². The number of fused-ring (bicyclic) bond motifs is 1. The van der Waals surface area contributed by atoms with Gasteiger partial charge in [-0.2, -0.15) is 0 Å². The minimum atomic E-state index is -0.462. The van der Waals surface area contributed by atoms with Crippen LogP contribution in [0.15, 0.2) is 36.7 Å². The first kappa shape index (κ1) is 20.4. The van der Waals surface area contributed by atoms with Gasteiger partial charge in [-0.1, -0.05) is 17.7 Å². The van der Waals surface area contributed by atoms with Gasteiger partial charge < -0.3 is 20.2 Å². The molecule has 1 aliphatic carbocycles. The molecule has 9 heteroatoms. The highest BCUT2D eigenvalue weighted by Gasteiger charge is 2.42. The van der Waals surface area contributed by atoms with Crippen molar-refractivity contribution in [2.24, 2.45) is 0 Å². The van der Waals surface area contributed by atoms with Gasteiger partial charge in [-0.05, 0) is 37.5 Å². The lowest BCUT2D eigenvalue weighted by Crippen LogP contribution is -2.37. The standard InChI is InChI=1S/C22H20ClFN4O2S/c1-29-11-30-22(5-2-6-22)21-27-10-18(31-21)19-13-8-17(28-20(13)26-9-14(19)23)12-3-4-16(25)15(24)7-12/h3-4,7-10H,2,5-6,11,25H2,1H3,(H,26,28). The van der Waals surface area contributed by atoms with Gasteiger partial charge in [-0.15, -0.1) is 11.3 Å². The van der Waals surface area contributed by atoms with E-state index in [-0.39, 0.29) is 18.1 Å².